The first-order valence-corrected chi connectivity index (χ1v) is 10.7. The van der Waals surface area contributed by atoms with E-state index in [4.69, 9.17) is 0 Å². The first-order valence-electron chi connectivity index (χ1n) is 10.7. The number of hydrogen-bond acceptors (Lipinski definition) is 5. The van der Waals surface area contributed by atoms with E-state index in [2.05, 4.69) is 15.3 Å². The highest BCUT2D eigenvalue weighted by Crippen LogP contribution is 2.43. The number of aliphatic hydroxyl groups is 1. The summed E-state index contributed by atoms with van der Waals surface area (Å²) >= 11 is 0. The van der Waals surface area contributed by atoms with Crippen LogP contribution in [0.2, 0.25) is 0 Å². The summed E-state index contributed by atoms with van der Waals surface area (Å²) in [6.45, 7) is 1.88. The van der Waals surface area contributed by atoms with Crippen LogP contribution in [0.1, 0.15) is 47.4 Å². The van der Waals surface area contributed by atoms with E-state index in [0.717, 1.165) is 27.4 Å². The van der Waals surface area contributed by atoms with Crippen LogP contribution in [0.15, 0.2) is 54.9 Å². The van der Waals surface area contributed by atoms with Gasteiger partial charge in [0.25, 0.3) is 5.91 Å². The number of fused-ring (bicyclic) bond motifs is 1. The van der Waals surface area contributed by atoms with E-state index in [1.165, 1.54) is 0 Å². The lowest BCUT2D eigenvalue weighted by Gasteiger charge is -2.26. The number of benzene rings is 2. The van der Waals surface area contributed by atoms with Crippen LogP contribution >= 0.6 is 0 Å². The molecular weight excluding hydrogens is 420 g/mol. The van der Waals surface area contributed by atoms with E-state index in [-0.39, 0.29) is 24.3 Å². The van der Waals surface area contributed by atoms with Crippen molar-refractivity contribution >= 4 is 45.7 Å². The van der Waals surface area contributed by atoms with Crippen LogP contribution in [-0.4, -0.2) is 39.3 Å². The zero-order valence-electron chi connectivity index (χ0n) is 17.9. The monoisotopic (exact) mass is 442 g/mol. The van der Waals surface area contributed by atoms with E-state index < -0.39 is 6.10 Å². The van der Waals surface area contributed by atoms with Crippen LogP contribution < -0.4 is 10.2 Å². The van der Waals surface area contributed by atoms with Gasteiger partial charge in [0, 0.05) is 46.8 Å². The topological polar surface area (TPSA) is 115 Å². The molecule has 3 amide bonds. The van der Waals surface area contributed by atoms with Crippen LogP contribution in [0.4, 0.5) is 5.69 Å². The molecule has 8 heteroatoms. The zero-order chi connectivity index (χ0) is 23.1. The maximum atomic E-state index is 13.3. The minimum Gasteiger partial charge on any atom is -0.384 e. The predicted octanol–water partition coefficient (Wildman–Crippen LogP) is 3.20. The van der Waals surface area contributed by atoms with Gasteiger partial charge in [-0.05, 0) is 48.6 Å². The van der Waals surface area contributed by atoms with Gasteiger partial charge in [0.05, 0.1) is 5.69 Å². The molecule has 0 bridgehead atoms. The number of rotatable bonds is 7. The first kappa shape index (κ1) is 20.8. The third-order valence-corrected chi connectivity index (χ3v) is 6.28. The highest BCUT2D eigenvalue weighted by molar-refractivity contribution is 6.25. The average molecular weight is 442 g/mol. The predicted molar refractivity (Wildman–Crippen MR) is 124 cm³/mol. The molecule has 0 saturated heterocycles. The average Bonchev–Trinajstić information content (AvgIpc) is 3.38. The molecule has 2 aromatic carbocycles. The Labute approximate surface area is 189 Å². The Balaban J connectivity index is 1.54. The van der Waals surface area contributed by atoms with Gasteiger partial charge in [0.15, 0.2) is 0 Å². The number of anilines is 1. The SMILES string of the molecule is CC(CCC(=O)NC=O)N1C(=O)c2cccc3c(C(O)c4c[nH]c5ncccc45)ccc1c23. The minimum atomic E-state index is -0.902. The summed E-state index contributed by atoms with van der Waals surface area (Å²) in [5.74, 6) is -0.514. The highest BCUT2D eigenvalue weighted by Gasteiger charge is 2.34. The Kier molecular flexibility index (Phi) is 5.14. The van der Waals surface area contributed by atoms with E-state index >= 15 is 0 Å². The number of nitrogens with zero attached hydrogens (tertiary/aromatic N) is 2. The number of nitrogens with one attached hydrogen (secondary N) is 2. The molecule has 3 heterocycles. The first-order chi connectivity index (χ1) is 16.0. The fourth-order valence-corrected chi connectivity index (χ4v) is 4.68. The number of aromatic nitrogens is 2. The number of amides is 3. The molecule has 2 aromatic heterocycles. The normalized spacial score (nSPS) is 14.6. The molecule has 0 spiro atoms. The van der Waals surface area contributed by atoms with E-state index in [0.29, 0.717) is 29.6 Å². The lowest BCUT2D eigenvalue weighted by molar-refractivity contribution is -0.125. The molecule has 1 aliphatic heterocycles. The van der Waals surface area contributed by atoms with Crippen molar-refractivity contribution in [3.05, 3.63) is 71.5 Å². The molecule has 0 radical (unpaired) electrons. The third-order valence-electron chi connectivity index (χ3n) is 6.28. The van der Waals surface area contributed by atoms with E-state index in [1.54, 1.807) is 23.4 Å². The standard InChI is InChI=1S/C25H22N4O4/c1-14(7-10-21(31)28-13-30)29-20-9-8-16(15-4-2-5-18(22(15)20)25(29)33)23(32)19-12-27-24-17(19)6-3-11-26-24/h2-6,8-9,11-14,23,32H,7,10H2,1H3,(H,26,27)(H,28,30,31). The smallest absolute Gasteiger partial charge is 0.259 e. The molecule has 8 nitrogen and oxygen atoms in total. The van der Waals surface area contributed by atoms with Gasteiger partial charge in [-0.1, -0.05) is 18.2 Å². The molecule has 4 aromatic rings. The van der Waals surface area contributed by atoms with E-state index in [1.807, 2.05) is 43.3 Å². The van der Waals surface area contributed by atoms with Gasteiger partial charge in [-0.15, -0.1) is 0 Å². The van der Waals surface area contributed by atoms with Crippen LogP contribution in [0.25, 0.3) is 21.8 Å². The second-order valence-electron chi connectivity index (χ2n) is 8.20. The van der Waals surface area contributed by atoms with Crippen LogP contribution in [0, 0.1) is 0 Å². The lowest BCUT2D eigenvalue weighted by atomic mass is 9.94. The number of aliphatic hydroxyl groups excluding tert-OH is 1. The Bertz CT molecular complexity index is 1410. The van der Waals surface area contributed by atoms with Crippen molar-refractivity contribution in [2.75, 3.05) is 4.90 Å². The van der Waals surface area contributed by atoms with Crippen molar-refractivity contribution in [1.29, 1.82) is 0 Å². The van der Waals surface area contributed by atoms with Crippen molar-refractivity contribution in [1.82, 2.24) is 15.3 Å². The lowest BCUT2D eigenvalue weighted by Crippen LogP contribution is -2.36. The maximum absolute atomic E-state index is 13.3. The summed E-state index contributed by atoms with van der Waals surface area (Å²) in [7, 11) is 0. The van der Waals surface area contributed by atoms with E-state index in [9.17, 15) is 19.5 Å². The molecule has 2 unspecified atom stereocenters. The van der Waals surface area contributed by atoms with Crippen molar-refractivity contribution in [3.63, 3.8) is 0 Å². The van der Waals surface area contributed by atoms with Crippen molar-refractivity contribution < 1.29 is 19.5 Å². The van der Waals surface area contributed by atoms with Gasteiger partial charge < -0.3 is 15.0 Å². The van der Waals surface area contributed by atoms with Gasteiger partial charge in [0.2, 0.25) is 12.3 Å². The number of H-pyrrole nitrogens is 1. The van der Waals surface area contributed by atoms with Gasteiger partial charge in [-0.25, -0.2) is 4.98 Å². The number of carbonyl (C=O) groups is 3. The molecule has 2 atom stereocenters. The highest BCUT2D eigenvalue weighted by atomic mass is 16.3. The molecular formula is C25H22N4O4. The molecule has 0 saturated carbocycles. The summed E-state index contributed by atoms with van der Waals surface area (Å²) in [5.41, 5.74) is 3.45. The number of aromatic amines is 1. The Morgan fingerprint density at radius 2 is 2.00 bits per heavy atom. The summed E-state index contributed by atoms with van der Waals surface area (Å²) < 4.78 is 0. The fraction of sp³-hybridized carbons (Fsp3) is 0.200. The van der Waals surface area contributed by atoms with Gasteiger partial charge >= 0.3 is 0 Å². The van der Waals surface area contributed by atoms with Crippen molar-refractivity contribution in [3.8, 4) is 0 Å². The molecule has 166 valence electrons. The molecule has 3 N–H and O–H groups in total. The number of hydrogen-bond donors (Lipinski definition) is 3. The van der Waals surface area contributed by atoms with Gasteiger partial charge in [-0.2, -0.15) is 0 Å². The van der Waals surface area contributed by atoms with Gasteiger partial charge in [-0.3, -0.25) is 19.7 Å². The summed E-state index contributed by atoms with van der Waals surface area (Å²) in [6, 6.07) is 12.7. The third kappa shape index (κ3) is 3.35. The number of pyridine rings is 1. The molecule has 33 heavy (non-hydrogen) atoms. The second kappa shape index (κ2) is 8.14. The summed E-state index contributed by atoms with van der Waals surface area (Å²) in [5, 5.41) is 15.9. The van der Waals surface area contributed by atoms with Crippen LogP contribution in [0.3, 0.4) is 0 Å². The Morgan fingerprint density at radius 1 is 1.18 bits per heavy atom. The molecule has 0 aliphatic carbocycles. The van der Waals surface area contributed by atoms with Crippen molar-refractivity contribution in [2.24, 2.45) is 0 Å². The molecule has 5 rings (SSSR count). The number of carbonyl (C=O) groups excluding carboxylic acids is 3. The van der Waals surface area contributed by atoms with Crippen LogP contribution in [0.5, 0.6) is 0 Å². The Hall–Kier alpha value is -4.04. The minimum absolute atomic E-state index is 0.134. The zero-order valence-corrected chi connectivity index (χ0v) is 17.9. The molecule has 0 fully saturated rings. The number of imide groups is 1. The maximum Gasteiger partial charge on any atom is 0.259 e. The van der Waals surface area contributed by atoms with Gasteiger partial charge in [0.1, 0.15) is 11.8 Å². The fourth-order valence-electron chi connectivity index (χ4n) is 4.68. The van der Waals surface area contributed by atoms with Crippen LogP contribution in [-0.2, 0) is 9.59 Å². The second-order valence-corrected chi connectivity index (χ2v) is 8.20. The quantitative estimate of drug-likeness (QED) is 0.380. The largest absolute Gasteiger partial charge is 0.384 e. The van der Waals surface area contributed by atoms with Crippen molar-refractivity contribution in [2.45, 2.75) is 31.9 Å². The summed E-state index contributed by atoms with van der Waals surface area (Å²) in [6.07, 6.45) is 3.46. The molecule has 1 aliphatic rings. The Morgan fingerprint density at radius 3 is 2.82 bits per heavy atom. The summed E-state index contributed by atoms with van der Waals surface area (Å²) in [4.78, 5) is 44.5.